The third kappa shape index (κ3) is 3.83. The van der Waals surface area contributed by atoms with Gasteiger partial charge in [0.1, 0.15) is 16.6 Å². The Balaban J connectivity index is 2.20. The lowest BCUT2D eigenvalue weighted by Crippen LogP contribution is -2.12. The van der Waals surface area contributed by atoms with Crippen molar-refractivity contribution in [2.75, 3.05) is 23.4 Å². The van der Waals surface area contributed by atoms with Gasteiger partial charge in [-0.2, -0.15) is 0 Å². The summed E-state index contributed by atoms with van der Waals surface area (Å²) >= 11 is 3.20. The fraction of sp³-hybridized carbons (Fsp3) is 0.462. The van der Waals surface area contributed by atoms with E-state index in [2.05, 4.69) is 39.4 Å². The third-order valence-corrected chi connectivity index (χ3v) is 4.16. The van der Waals surface area contributed by atoms with Gasteiger partial charge in [-0.15, -0.1) is 11.3 Å². The van der Waals surface area contributed by atoms with Crippen LogP contribution in [0.1, 0.15) is 31.3 Å². The Hall–Kier alpha value is -1.34. The average Bonchev–Trinajstić information content (AvgIpc) is 2.99. The summed E-state index contributed by atoms with van der Waals surface area (Å²) in [4.78, 5) is 13.3. The second-order valence-corrected chi connectivity index (χ2v) is 5.83. The Bertz CT molecular complexity index is 530. The number of hydrogen-bond acceptors (Lipinski definition) is 7. The Kier molecular flexibility index (Phi) is 5.60. The third-order valence-electron chi connectivity index (χ3n) is 2.73. The van der Waals surface area contributed by atoms with E-state index in [0.29, 0.717) is 0 Å². The first-order valence-electron chi connectivity index (χ1n) is 6.59. The van der Waals surface area contributed by atoms with E-state index in [9.17, 15) is 0 Å². The average molecular weight is 309 g/mol. The molecule has 0 spiro atoms. The number of nitrogens with zero attached hydrogens (tertiary/aromatic N) is 3. The Morgan fingerprint density at radius 3 is 2.70 bits per heavy atom. The van der Waals surface area contributed by atoms with Crippen LogP contribution in [0.2, 0.25) is 0 Å². The predicted octanol–water partition coefficient (Wildman–Crippen LogP) is 3.65. The SMILES string of the molecule is CCNc1cc(NC(CC)c2nccs2)nc(SC)n1. The molecule has 20 heavy (non-hydrogen) atoms. The van der Waals surface area contributed by atoms with Gasteiger partial charge in [0.2, 0.25) is 0 Å². The van der Waals surface area contributed by atoms with Crippen LogP contribution < -0.4 is 10.6 Å². The molecule has 7 heteroatoms. The number of rotatable bonds is 7. The second kappa shape index (κ2) is 7.44. The van der Waals surface area contributed by atoms with E-state index in [1.165, 1.54) is 11.8 Å². The molecule has 0 aliphatic heterocycles. The zero-order chi connectivity index (χ0) is 14.4. The Labute approximate surface area is 127 Å². The van der Waals surface area contributed by atoms with E-state index in [0.717, 1.165) is 34.8 Å². The fourth-order valence-electron chi connectivity index (χ4n) is 1.79. The molecule has 0 saturated carbocycles. The molecule has 0 aliphatic rings. The molecule has 0 saturated heterocycles. The van der Waals surface area contributed by atoms with Gasteiger partial charge in [-0.05, 0) is 19.6 Å². The highest BCUT2D eigenvalue weighted by Crippen LogP contribution is 2.25. The molecular formula is C13H19N5S2. The van der Waals surface area contributed by atoms with Crippen molar-refractivity contribution in [3.8, 4) is 0 Å². The first kappa shape index (κ1) is 15.1. The first-order valence-corrected chi connectivity index (χ1v) is 8.70. The fourth-order valence-corrected chi connectivity index (χ4v) is 2.94. The standard InChI is InChI=1S/C13H19N5S2/c1-4-9(12-15-6-7-20-12)16-11-8-10(14-5-2)17-13(18-11)19-3/h6-9H,4-5H2,1-3H3,(H2,14,16,17,18). The lowest BCUT2D eigenvalue weighted by molar-refractivity contribution is 0.733. The molecule has 108 valence electrons. The predicted molar refractivity (Wildman–Crippen MR) is 86.7 cm³/mol. The van der Waals surface area contributed by atoms with Gasteiger partial charge in [0.25, 0.3) is 0 Å². The van der Waals surface area contributed by atoms with Crippen LogP contribution in [0, 0.1) is 0 Å². The second-order valence-electron chi connectivity index (χ2n) is 4.13. The zero-order valence-electron chi connectivity index (χ0n) is 11.9. The van der Waals surface area contributed by atoms with Crippen molar-refractivity contribution < 1.29 is 0 Å². The molecule has 0 bridgehead atoms. The lowest BCUT2D eigenvalue weighted by Gasteiger charge is -2.16. The summed E-state index contributed by atoms with van der Waals surface area (Å²) in [5.41, 5.74) is 0. The van der Waals surface area contributed by atoms with Crippen molar-refractivity contribution in [3.63, 3.8) is 0 Å². The lowest BCUT2D eigenvalue weighted by atomic mass is 10.2. The molecule has 0 amide bonds. The van der Waals surface area contributed by atoms with Crippen LogP contribution >= 0.6 is 23.1 Å². The normalized spacial score (nSPS) is 12.2. The van der Waals surface area contributed by atoms with Gasteiger partial charge < -0.3 is 10.6 Å². The van der Waals surface area contributed by atoms with Crippen molar-refractivity contribution in [2.45, 2.75) is 31.5 Å². The molecule has 2 rings (SSSR count). The van der Waals surface area contributed by atoms with E-state index >= 15 is 0 Å². The molecule has 0 aliphatic carbocycles. The summed E-state index contributed by atoms with van der Waals surface area (Å²) in [6, 6.07) is 2.13. The molecule has 2 aromatic heterocycles. The molecule has 2 N–H and O–H groups in total. The van der Waals surface area contributed by atoms with Crippen LogP contribution in [0.5, 0.6) is 0 Å². The number of thioether (sulfide) groups is 1. The summed E-state index contributed by atoms with van der Waals surface area (Å²) in [7, 11) is 0. The molecule has 2 heterocycles. The summed E-state index contributed by atoms with van der Waals surface area (Å²) in [5.74, 6) is 1.69. The minimum Gasteiger partial charge on any atom is -0.370 e. The first-order chi connectivity index (χ1) is 9.76. The largest absolute Gasteiger partial charge is 0.370 e. The van der Waals surface area contributed by atoms with Gasteiger partial charge >= 0.3 is 0 Å². The molecule has 1 unspecified atom stereocenters. The van der Waals surface area contributed by atoms with E-state index < -0.39 is 0 Å². The smallest absolute Gasteiger partial charge is 0.191 e. The van der Waals surface area contributed by atoms with Gasteiger partial charge in [-0.3, -0.25) is 0 Å². The number of thiazole rings is 1. The zero-order valence-corrected chi connectivity index (χ0v) is 13.5. The molecule has 0 radical (unpaired) electrons. The Morgan fingerprint density at radius 1 is 1.30 bits per heavy atom. The van der Waals surface area contributed by atoms with Gasteiger partial charge in [-0.25, -0.2) is 15.0 Å². The topological polar surface area (TPSA) is 62.7 Å². The summed E-state index contributed by atoms with van der Waals surface area (Å²) in [6.07, 6.45) is 4.78. The molecule has 0 aromatic carbocycles. The van der Waals surface area contributed by atoms with Crippen LogP contribution in [-0.2, 0) is 0 Å². The van der Waals surface area contributed by atoms with Crippen molar-refractivity contribution in [1.29, 1.82) is 0 Å². The molecular weight excluding hydrogens is 290 g/mol. The van der Waals surface area contributed by atoms with Crippen LogP contribution in [0.25, 0.3) is 0 Å². The highest BCUT2D eigenvalue weighted by atomic mass is 32.2. The Morgan fingerprint density at radius 2 is 2.10 bits per heavy atom. The van der Waals surface area contributed by atoms with Gasteiger partial charge in [0.05, 0.1) is 6.04 Å². The van der Waals surface area contributed by atoms with Crippen LogP contribution in [0.3, 0.4) is 0 Å². The molecule has 5 nitrogen and oxygen atoms in total. The van der Waals surface area contributed by atoms with Gasteiger partial charge in [0.15, 0.2) is 5.16 Å². The minimum atomic E-state index is 0.189. The van der Waals surface area contributed by atoms with Crippen LogP contribution in [0.4, 0.5) is 11.6 Å². The summed E-state index contributed by atoms with van der Waals surface area (Å²) < 4.78 is 0. The number of aromatic nitrogens is 3. The number of nitrogens with one attached hydrogen (secondary N) is 2. The maximum absolute atomic E-state index is 4.51. The van der Waals surface area contributed by atoms with Crippen molar-refractivity contribution >= 4 is 34.7 Å². The van der Waals surface area contributed by atoms with Crippen molar-refractivity contribution in [3.05, 3.63) is 22.7 Å². The maximum Gasteiger partial charge on any atom is 0.191 e. The highest BCUT2D eigenvalue weighted by molar-refractivity contribution is 7.98. The van der Waals surface area contributed by atoms with Crippen LogP contribution in [0.15, 0.2) is 22.8 Å². The maximum atomic E-state index is 4.51. The van der Waals surface area contributed by atoms with Crippen LogP contribution in [-0.4, -0.2) is 27.8 Å². The summed E-state index contributed by atoms with van der Waals surface area (Å²) in [6.45, 7) is 5.04. The molecule has 2 aromatic rings. The number of anilines is 2. The van der Waals surface area contributed by atoms with Crippen molar-refractivity contribution in [2.24, 2.45) is 0 Å². The van der Waals surface area contributed by atoms with E-state index in [-0.39, 0.29) is 6.04 Å². The van der Waals surface area contributed by atoms with E-state index in [1.54, 1.807) is 11.3 Å². The van der Waals surface area contributed by atoms with Gasteiger partial charge in [-0.1, -0.05) is 18.7 Å². The van der Waals surface area contributed by atoms with Gasteiger partial charge in [0, 0.05) is 24.2 Å². The number of hydrogen-bond donors (Lipinski definition) is 2. The van der Waals surface area contributed by atoms with Crippen molar-refractivity contribution in [1.82, 2.24) is 15.0 Å². The summed E-state index contributed by atoms with van der Waals surface area (Å²) in [5, 5.41) is 10.5. The molecule has 1 atom stereocenters. The molecule has 0 fully saturated rings. The van der Waals surface area contributed by atoms with E-state index in [4.69, 9.17) is 0 Å². The highest BCUT2D eigenvalue weighted by Gasteiger charge is 2.13. The minimum absolute atomic E-state index is 0.189. The van der Waals surface area contributed by atoms with E-state index in [1.807, 2.05) is 23.9 Å². The quantitative estimate of drug-likeness (QED) is 0.601. The monoisotopic (exact) mass is 309 g/mol.